The highest BCUT2D eigenvalue weighted by molar-refractivity contribution is 5.82. The SMILES string of the molecule is CC1Cc2ccccc2N1CC(=O)NCC1COc2ccccc2O1. The van der Waals surface area contributed by atoms with Gasteiger partial charge in [0.2, 0.25) is 5.91 Å². The van der Waals surface area contributed by atoms with Crippen molar-refractivity contribution in [1.29, 1.82) is 0 Å². The third kappa shape index (κ3) is 3.27. The van der Waals surface area contributed by atoms with Gasteiger partial charge in [0.25, 0.3) is 0 Å². The first-order valence-electron chi connectivity index (χ1n) is 8.70. The highest BCUT2D eigenvalue weighted by atomic mass is 16.6. The molecule has 0 radical (unpaired) electrons. The van der Waals surface area contributed by atoms with E-state index in [4.69, 9.17) is 9.47 Å². The van der Waals surface area contributed by atoms with Crippen molar-refractivity contribution in [2.24, 2.45) is 0 Å². The van der Waals surface area contributed by atoms with Gasteiger partial charge in [-0.15, -0.1) is 0 Å². The number of hydrogen-bond acceptors (Lipinski definition) is 4. The number of carbonyl (C=O) groups is 1. The maximum Gasteiger partial charge on any atom is 0.239 e. The van der Waals surface area contributed by atoms with E-state index in [0.29, 0.717) is 25.7 Å². The lowest BCUT2D eigenvalue weighted by atomic mass is 10.1. The van der Waals surface area contributed by atoms with Crippen molar-refractivity contribution in [3.05, 3.63) is 54.1 Å². The second kappa shape index (κ2) is 6.67. The Labute approximate surface area is 147 Å². The maximum atomic E-state index is 12.4. The van der Waals surface area contributed by atoms with E-state index in [1.54, 1.807) is 0 Å². The molecule has 0 aromatic heterocycles. The molecule has 2 atom stereocenters. The quantitative estimate of drug-likeness (QED) is 0.930. The topological polar surface area (TPSA) is 50.8 Å². The van der Waals surface area contributed by atoms with Crippen LogP contribution in [0.25, 0.3) is 0 Å². The minimum atomic E-state index is -0.165. The fourth-order valence-electron chi connectivity index (χ4n) is 3.47. The summed E-state index contributed by atoms with van der Waals surface area (Å²) in [6.45, 7) is 3.40. The summed E-state index contributed by atoms with van der Waals surface area (Å²) in [4.78, 5) is 14.6. The number of amides is 1. The molecule has 2 aliphatic heterocycles. The van der Waals surface area contributed by atoms with Gasteiger partial charge in [-0.05, 0) is 37.1 Å². The molecule has 5 nitrogen and oxygen atoms in total. The van der Waals surface area contributed by atoms with Crippen LogP contribution in [0, 0.1) is 0 Å². The lowest BCUT2D eigenvalue weighted by Crippen LogP contribution is -2.45. The number of para-hydroxylation sites is 3. The summed E-state index contributed by atoms with van der Waals surface area (Å²) in [5.41, 5.74) is 2.47. The summed E-state index contributed by atoms with van der Waals surface area (Å²) >= 11 is 0. The fraction of sp³-hybridized carbons (Fsp3) is 0.350. The van der Waals surface area contributed by atoms with Crippen molar-refractivity contribution in [1.82, 2.24) is 5.32 Å². The van der Waals surface area contributed by atoms with Gasteiger partial charge in [0.15, 0.2) is 11.5 Å². The minimum Gasteiger partial charge on any atom is -0.486 e. The lowest BCUT2D eigenvalue weighted by Gasteiger charge is -2.27. The monoisotopic (exact) mass is 338 g/mol. The van der Waals surface area contributed by atoms with Crippen LogP contribution in [-0.4, -0.2) is 37.7 Å². The summed E-state index contributed by atoms with van der Waals surface area (Å²) in [5.74, 6) is 1.49. The first-order valence-corrected chi connectivity index (χ1v) is 8.70. The maximum absolute atomic E-state index is 12.4. The normalized spacial score (nSPS) is 20.9. The predicted molar refractivity (Wildman–Crippen MR) is 96.3 cm³/mol. The number of benzene rings is 2. The Bertz CT molecular complexity index is 777. The van der Waals surface area contributed by atoms with E-state index >= 15 is 0 Å². The standard InChI is InChI=1S/C20H22N2O3/c1-14-10-15-6-2-3-7-17(15)22(14)12-20(23)21-11-16-13-24-18-8-4-5-9-19(18)25-16/h2-9,14,16H,10-13H2,1H3,(H,21,23). The molecular formula is C20H22N2O3. The molecule has 1 N–H and O–H groups in total. The average Bonchev–Trinajstić information content (AvgIpc) is 2.95. The smallest absolute Gasteiger partial charge is 0.239 e. The molecule has 5 heteroatoms. The molecule has 25 heavy (non-hydrogen) atoms. The van der Waals surface area contributed by atoms with E-state index in [-0.39, 0.29) is 12.0 Å². The van der Waals surface area contributed by atoms with Gasteiger partial charge in [-0.3, -0.25) is 4.79 Å². The van der Waals surface area contributed by atoms with Crippen LogP contribution in [0.5, 0.6) is 11.5 Å². The molecule has 0 fully saturated rings. The van der Waals surface area contributed by atoms with Crippen LogP contribution >= 0.6 is 0 Å². The number of hydrogen-bond donors (Lipinski definition) is 1. The summed E-state index contributed by atoms with van der Waals surface area (Å²) in [6, 6.07) is 16.2. The Balaban J connectivity index is 1.32. The van der Waals surface area contributed by atoms with Gasteiger partial charge in [0, 0.05) is 11.7 Å². The van der Waals surface area contributed by atoms with Crippen LogP contribution in [0.4, 0.5) is 5.69 Å². The Morgan fingerprint density at radius 1 is 1.16 bits per heavy atom. The second-order valence-electron chi connectivity index (χ2n) is 6.61. The Kier molecular flexibility index (Phi) is 4.22. The van der Waals surface area contributed by atoms with Gasteiger partial charge >= 0.3 is 0 Å². The van der Waals surface area contributed by atoms with E-state index in [9.17, 15) is 4.79 Å². The highest BCUT2D eigenvalue weighted by Gasteiger charge is 2.27. The third-order valence-corrected chi connectivity index (χ3v) is 4.76. The molecule has 0 aliphatic carbocycles. The molecule has 2 aromatic rings. The van der Waals surface area contributed by atoms with Crippen LogP contribution in [-0.2, 0) is 11.2 Å². The Hall–Kier alpha value is -2.69. The van der Waals surface area contributed by atoms with Gasteiger partial charge in [-0.1, -0.05) is 30.3 Å². The summed E-state index contributed by atoms with van der Waals surface area (Å²) in [5, 5.41) is 2.98. The van der Waals surface area contributed by atoms with E-state index in [1.165, 1.54) is 5.56 Å². The van der Waals surface area contributed by atoms with E-state index in [0.717, 1.165) is 23.6 Å². The number of fused-ring (bicyclic) bond motifs is 2. The molecule has 0 saturated heterocycles. The van der Waals surface area contributed by atoms with E-state index in [2.05, 4.69) is 29.3 Å². The molecule has 0 saturated carbocycles. The molecule has 4 rings (SSSR count). The van der Waals surface area contributed by atoms with E-state index < -0.39 is 0 Å². The molecule has 0 bridgehead atoms. The average molecular weight is 338 g/mol. The van der Waals surface area contributed by atoms with Crippen molar-refractivity contribution in [2.75, 3.05) is 24.6 Å². The fourth-order valence-corrected chi connectivity index (χ4v) is 3.47. The molecule has 130 valence electrons. The van der Waals surface area contributed by atoms with Crippen LogP contribution in [0.3, 0.4) is 0 Å². The van der Waals surface area contributed by atoms with Crippen molar-refractivity contribution in [3.63, 3.8) is 0 Å². The highest BCUT2D eigenvalue weighted by Crippen LogP contribution is 2.32. The van der Waals surface area contributed by atoms with Crippen molar-refractivity contribution < 1.29 is 14.3 Å². The molecule has 0 spiro atoms. The second-order valence-corrected chi connectivity index (χ2v) is 6.61. The van der Waals surface area contributed by atoms with Gasteiger partial charge in [-0.2, -0.15) is 0 Å². The van der Waals surface area contributed by atoms with E-state index in [1.807, 2.05) is 36.4 Å². The zero-order valence-corrected chi connectivity index (χ0v) is 14.3. The molecular weight excluding hydrogens is 316 g/mol. The Morgan fingerprint density at radius 2 is 1.92 bits per heavy atom. The predicted octanol–water partition coefficient (Wildman–Crippen LogP) is 2.39. The number of carbonyl (C=O) groups excluding carboxylic acids is 1. The zero-order chi connectivity index (χ0) is 17.2. The molecule has 1 amide bonds. The van der Waals surface area contributed by atoms with Crippen LogP contribution < -0.4 is 19.7 Å². The number of nitrogens with zero attached hydrogens (tertiary/aromatic N) is 1. The lowest BCUT2D eigenvalue weighted by molar-refractivity contribution is -0.120. The molecule has 2 aromatic carbocycles. The van der Waals surface area contributed by atoms with Crippen LogP contribution in [0.2, 0.25) is 0 Å². The van der Waals surface area contributed by atoms with Gasteiger partial charge in [0.05, 0.1) is 13.1 Å². The van der Waals surface area contributed by atoms with Crippen molar-refractivity contribution in [3.8, 4) is 11.5 Å². The van der Waals surface area contributed by atoms with Gasteiger partial charge in [-0.25, -0.2) is 0 Å². The summed E-state index contributed by atoms with van der Waals surface area (Å²) < 4.78 is 11.6. The van der Waals surface area contributed by atoms with Crippen LogP contribution in [0.15, 0.2) is 48.5 Å². The van der Waals surface area contributed by atoms with Gasteiger partial charge in [0.1, 0.15) is 12.7 Å². The summed E-state index contributed by atoms with van der Waals surface area (Å²) in [7, 11) is 0. The minimum absolute atomic E-state index is 0.00557. The first kappa shape index (κ1) is 15.8. The molecule has 2 aliphatic rings. The number of anilines is 1. The summed E-state index contributed by atoms with van der Waals surface area (Å²) in [6.07, 6.45) is 0.821. The van der Waals surface area contributed by atoms with Crippen molar-refractivity contribution in [2.45, 2.75) is 25.5 Å². The number of ether oxygens (including phenoxy) is 2. The van der Waals surface area contributed by atoms with Crippen molar-refractivity contribution >= 4 is 11.6 Å². The Morgan fingerprint density at radius 3 is 2.80 bits per heavy atom. The largest absolute Gasteiger partial charge is 0.486 e. The number of rotatable bonds is 4. The third-order valence-electron chi connectivity index (χ3n) is 4.76. The van der Waals surface area contributed by atoms with Gasteiger partial charge < -0.3 is 19.7 Å². The van der Waals surface area contributed by atoms with Crippen LogP contribution in [0.1, 0.15) is 12.5 Å². The first-order chi connectivity index (χ1) is 12.2. The zero-order valence-electron chi connectivity index (χ0n) is 14.3. The molecule has 2 heterocycles. The molecule has 2 unspecified atom stereocenters. The number of nitrogens with one attached hydrogen (secondary N) is 1.